The molecule has 2 aliphatic rings. The summed E-state index contributed by atoms with van der Waals surface area (Å²) in [7, 11) is 1.73. The number of ether oxygens (including phenoxy) is 3. The molecule has 4 rings (SSSR count). The molecule has 1 aliphatic carbocycles. The minimum absolute atomic E-state index is 0.328. The first-order valence-corrected chi connectivity index (χ1v) is 9.38. The van der Waals surface area contributed by atoms with Crippen LogP contribution in [-0.2, 0) is 19.3 Å². The molecule has 0 spiro atoms. The molecular formula is C23H26O3. The highest BCUT2D eigenvalue weighted by Gasteiger charge is 2.21. The van der Waals surface area contributed by atoms with Gasteiger partial charge in [-0.1, -0.05) is 24.6 Å². The SMILES string of the molecule is COc1ccc2c(c1)CC(C)=CCCc1cc3c(cc1C(C)C2)OCO3. The van der Waals surface area contributed by atoms with E-state index in [0.717, 1.165) is 42.9 Å². The first-order valence-electron chi connectivity index (χ1n) is 9.38. The molecule has 0 radical (unpaired) electrons. The number of hydrogen-bond donors (Lipinski definition) is 0. The van der Waals surface area contributed by atoms with E-state index in [1.807, 2.05) is 0 Å². The third-order valence-electron chi connectivity index (χ3n) is 5.48. The Morgan fingerprint density at radius 3 is 2.62 bits per heavy atom. The maximum atomic E-state index is 5.63. The van der Waals surface area contributed by atoms with E-state index in [-0.39, 0.29) is 0 Å². The number of benzene rings is 2. The lowest BCUT2D eigenvalue weighted by atomic mass is 9.87. The molecule has 2 aromatic carbocycles. The van der Waals surface area contributed by atoms with Crippen molar-refractivity contribution < 1.29 is 14.2 Å². The van der Waals surface area contributed by atoms with E-state index in [2.05, 4.69) is 50.3 Å². The van der Waals surface area contributed by atoms with Crippen LogP contribution >= 0.6 is 0 Å². The van der Waals surface area contributed by atoms with Gasteiger partial charge in [-0.25, -0.2) is 0 Å². The van der Waals surface area contributed by atoms with Crippen LogP contribution in [-0.4, -0.2) is 13.9 Å². The number of methoxy groups -OCH3 is 1. The van der Waals surface area contributed by atoms with Crippen LogP contribution in [0.4, 0.5) is 0 Å². The van der Waals surface area contributed by atoms with Gasteiger partial charge in [0.1, 0.15) is 5.75 Å². The van der Waals surface area contributed by atoms with Crippen LogP contribution in [0.2, 0.25) is 0 Å². The van der Waals surface area contributed by atoms with E-state index < -0.39 is 0 Å². The van der Waals surface area contributed by atoms with Crippen LogP contribution in [0.3, 0.4) is 0 Å². The number of hydrogen-bond acceptors (Lipinski definition) is 3. The van der Waals surface area contributed by atoms with Crippen LogP contribution in [0.25, 0.3) is 0 Å². The van der Waals surface area contributed by atoms with Gasteiger partial charge in [0.25, 0.3) is 0 Å². The molecule has 0 fully saturated rings. The quantitative estimate of drug-likeness (QED) is 0.661. The lowest BCUT2D eigenvalue weighted by molar-refractivity contribution is 0.174. The smallest absolute Gasteiger partial charge is 0.231 e. The minimum atomic E-state index is 0.328. The predicted molar refractivity (Wildman–Crippen MR) is 103 cm³/mol. The van der Waals surface area contributed by atoms with Crippen LogP contribution in [0.1, 0.15) is 48.4 Å². The second kappa shape index (κ2) is 7.06. The summed E-state index contributed by atoms with van der Waals surface area (Å²) in [6, 6.07) is 10.9. The molecule has 136 valence electrons. The zero-order valence-corrected chi connectivity index (χ0v) is 15.8. The van der Waals surface area contributed by atoms with Gasteiger partial charge in [-0.15, -0.1) is 0 Å². The highest BCUT2D eigenvalue weighted by molar-refractivity contribution is 5.50. The van der Waals surface area contributed by atoms with Gasteiger partial charge in [0, 0.05) is 0 Å². The Bertz CT molecular complexity index is 851. The molecule has 1 unspecified atom stereocenters. The van der Waals surface area contributed by atoms with Crippen LogP contribution in [0, 0.1) is 0 Å². The predicted octanol–water partition coefficient (Wildman–Crippen LogP) is 5.21. The zero-order valence-electron chi connectivity index (χ0n) is 15.8. The van der Waals surface area contributed by atoms with Gasteiger partial charge in [-0.05, 0) is 85.0 Å². The summed E-state index contributed by atoms with van der Waals surface area (Å²) in [6.45, 7) is 4.87. The monoisotopic (exact) mass is 350 g/mol. The normalized spacial score (nSPS) is 19.0. The van der Waals surface area contributed by atoms with Gasteiger partial charge < -0.3 is 14.2 Å². The van der Waals surface area contributed by atoms with Gasteiger partial charge >= 0.3 is 0 Å². The Morgan fingerprint density at radius 2 is 1.81 bits per heavy atom. The molecule has 0 saturated carbocycles. The van der Waals surface area contributed by atoms with E-state index in [4.69, 9.17) is 14.2 Å². The minimum Gasteiger partial charge on any atom is -0.497 e. The summed E-state index contributed by atoms with van der Waals surface area (Å²) < 4.78 is 16.7. The van der Waals surface area contributed by atoms with Crippen molar-refractivity contribution in [2.75, 3.05) is 13.9 Å². The number of rotatable bonds is 1. The summed E-state index contributed by atoms with van der Waals surface area (Å²) >= 11 is 0. The molecule has 0 amide bonds. The first kappa shape index (κ1) is 17.0. The van der Waals surface area contributed by atoms with Crippen molar-refractivity contribution in [1.82, 2.24) is 0 Å². The van der Waals surface area contributed by atoms with E-state index in [1.165, 1.54) is 27.8 Å². The van der Waals surface area contributed by atoms with Crippen LogP contribution in [0.5, 0.6) is 17.2 Å². The molecule has 3 heteroatoms. The molecule has 0 bridgehead atoms. The zero-order chi connectivity index (χ0) is 18.1. The Morgan fingerprint density at radius 1 is 1.00 bits per heavy atom. The summed E-state index contributed by atoms with van der Waals surface area (Å²) in [4.78, 5) is 0. The maximum Gasteiger partial charge on any atom is 0.231 e. The van der Waals surface area contributed by atoms with Crippen LogP contribution in [0.15, 0.2) is 42.0 Å². The maximum absolute atomic E-state index is 5.63. The van der Waals surface area contributed by atoms with Gasteiger partial charge in [0.05, 0.1) is 7.11 Å². The lowest BCUT2D eigenvalue weighted by Gasteiger charge is -2.19. The fourth-order valence-electron chi connectivity index (χ4n) is 4.05. The number of fused-ring (bicyclic) bond motifs is 3. The van der Waals surface area contributed by atoms with Crippen molar-refractivity contribution >= 4 is 0 Å². The number of allylic oxidation sites excluding steroid dienone is 2. The summed E-state index contributed by atoms with van der Waals surface area (Å²) in [5.41, 5.74) is 6.94. The summed E-state index contributed by atoms with van der Waals surface area (Å²) in [6.07, 6.45) is 6.45. The fourth-order valence-corrected chi connectivity index (χ4v) is 4.05. The van der Waals surface area contributed by atoms with Crippen molar-refractivity contribution in [3.05, 3.63) is 64.2 Å². The molecule has 3 nitrogen and oxygen atoms in total. The molecule has 0 N–H and O–H groups in total. The van der Waals surface area contributed by atoms with E-state index >= 15 is 0 Å². The van der Waals surface area contributed by atoms with Crippen LogP contribution < -0.4 is 14.2 Å². The largest absolute Gasteiger partial charge is 0.497 e. The fraction of sp³-hybridized carbons (Fsp3) is 0.391. The average molecular weight is 350 g/mol. The standard InChI is InChI=1S/C23H26O3/c1-15-5-4-6-18-12-22-23(26-14-25-22)13-21(18)16(2)10-17-7-8-20(24-3)11-19(17)9-15/h5,7-8,11-13,16H,4,6,9-10,14H2,1-3H3. The van der Waals surface area contributed by atoms with Crippen molar-refractivity contribution in [1.29, 1.82) is 0 Å². The third kappa shape index (κ3) is 3.31. The Balaban J connectivity index is 1.77. The molecule has 0 aromatic heterocycles. The highest BCUT2D eigenvalue weighted by atomic mass is 16.7. The molecule has 26 heavy (non-hydrogen) atoms. The van der Waals surface area contributed by atoms with Crippen molar-refractivity contribution in [3.8, 4) is 17.2 Å². The van der Waals surface area contributed by atoms with E-state index in [9.17, 15) is 0 Å². The molecule has 1 heterocycles. The van der Waals surface area contributed by atoms with Gasteiger partial charge in [0.2, 0.25) is 6.79 Å². The number of aryl methyl sites for hydroxylation is 1. The van der Waals surface area contributed by atoms with Gasteiger partial charge in [-0.3, -0.25) is 0 Å². The van der Waals surface area contributed by atoms with Crippen molar-refractivity contribution in [3.63, 3.8) is 0 Å². The second-order valence-corrected chi connectivity index (χ2v) is 7.41. The molecule has 0 saturated heterocycles. The Kier molecular flexibility index (Phi) is 4.62. The lowest BCUT2D eigenvalue weighted by Crippen LogP contribution is -2.05. The Labute approximate surface area is 155 Å². The highest BCUT2D eigenvalue weighted by Crippen LogP contribution is 2.39. The third-order valence-corrected chi connectivity index (χ3v) is 5.48. The Hall–Kier alpha value is -2.42. The topological polar surface area (TPSA) is 27.7 Å². The molecule has 2 aromatic rings. The summed E-state index contributed by atoms with van der Waals surface area (Å²) in [5, 5.41) is 0. The molecule has 1 atom stereocenters. The van der Waals surface area contributed by atoms with E-state index in [1.54, 1.807) is 7.11 Å². The molecule has 1 aliphatic heterocycles. The summed E-state index contributed by atoms with van der Waals surface area (Å²) in [5.74, 6) is 3.12. The first-order chi connectivity index (χ1) is 12.6. The van der Waals surface area contributed by atoms with E-state index in [0.29, 0.717) is 12.7 Å². The molecular weight excluding hydrogens is 324 g/mol. The van der Waals surface area contributed by atoms with Gasteiger partial charge in [0.15, 0.2) is 11.5 Å². The average Bonchev–Trinajstić information content (AvgIpc) is 3.08. The van der Waals surface area contributed by atoms with Crippen molar-refractivity contribution in [2.45, 2.75) is 45.4 Å². The second-order valence-electron chi connectivity index (χ2n) is 7.41. The van der Waals surface area contributed by atoms with Gasteiger partial charge in [-0.2, -0.15) is 0 Å². The van der Waals surface area contributed by atoms with Crippen molar-refractivity contribution in [2.24, 2.45) is 0 Å².